The average molecular weight is 889 g/mol. The van der Waals surface area contributed by atoms with Crippen molar-refractivity contribution in [2.24, 2.45) is 47.3 Å². The van der Waals surface area contributed by atoms with Crippen LogP contribution in [0.5, 0.6) is 11.5 Å². The summed E-state index contributed by atoms with van der Waals surface area (Å²) in [6.07, 6.45) is 8.64. The highest BCUT2D eigenvalue weighted by Crippen LogP contribution is 2.62. The molecule has 2 aromatic rings. The fraction of sp³-hybridized carbons (Fsp3) is 0.720. The molecule has 350 valence electrons. The molecule has 10 fully saturated rings. The minimum absolute atomic E-state index is 0.0436. The Bertz CT molecular complexity index is 2000. The number of fused-ring (bicyclic) bond motifs is 4. The second-order valence-corrected chi connectivity index (χ2v) is 20.5. The Labute approximate surface area is 377 Å². The molecule has 16 atom stereocenters. The zero-order chi connectivity index (χ0) is 44.4. The maximum absolute atomic E-state index is 13.0. The average Bonchev–Trinajstić information content (AvgIpc) is 3.69. The molecule has 2 aliphatic carbocycles. The van der Waals surface area contributed by atoms with Gasteiger partial charge in [0.05, 0.1) is 0 Å². The molecule has 2 aromatic carbocycles. The zero-order valence-electron chi connectivity index (χ0n) is 38.3. The van der Waals surface area contributed by atoms with Gasteiger partial charge in [-0.1, -0.05) is 34.6 Å². The second kappa shape index (κ2) is 17.4. The summed E-state index contributed by atoms with van der Waals surface area (Å²) < 4.78 is 39.2. The van der Waals surface area contributed by atoms with E-state index in [1.165, 1.54) is 0 Å². The van der Waals surface area contributed by atoms with Crippen LogP contribution in [0.3, 0.4) is 0 Å². The van der Waals surface area contributed by atoms with Crippen LogP contribution < -0.4 is 20.1 Å². The van der Waals surface area contributed by atoms with Crippen molar-refractivity contribution in [1.29, 1.82) is 0 Å². The van der Waals surface area contributed by atoms with Gasteiger partial charge in [-0.05, 0) is 137 Å². The van der Waals surface area contributed by atoms with Crippen LogP contribution in [0.1, 0.15) is 139 Å². The first-order valence-electron chi connectivity index (χ1n) is 24.4. The molecule has 14 heteroatoms. The van der Waals surface area contributed by atoms with Crippen LogP contribution in [0.25, 0.3) is 0 Å². The van der Waals surface area contributed by atoms with E-state index in [0.717, 1.165) is 70.6 Å². The predicted octanol–water partition coefficient (Wildman–Crippen LogP) is 8.58. The van der Waals surface area contributed by atoms with Gasteiger partial charge in [-0.25, -0.2) is 19.6 Å². The lowest BCUT2D eigenvalue weighted by molar-refractivity contribution is -0.579. The van der Waals surface area contributed by atoms with E-state index in [0.29, 0.717) is 65.8 Å². The maximum atomic E-state index is 13.0. The molecular formula is C50H68N2O12. The summed E-state index contributed by atoms with van der Waals surface area (Å²) >= 11 is 0. The molecule has 8 aliphatic heterocycles. The quantitative estimate of drug-likeness (QED) is 0.147. The molecule has 2 spiro atoms. The second-order valence-electron chi connectivity index (χ2n) is 20.5. The van der Waals surface area contributed by atoms with Crippen molar-refractivity contribution >= 4 is 11.8 Å². The van der Waals surface area contributed by atoms with Crippen LogP contribution in [0.2, 0.25) is 0 Å². The molecule has 64 heavy (non-hydrogen) atoms. The predicted molar refractivity (Wildman–Crippen MR) is 231 cm³/mol. The number of ether oxygens (including phenoxy) is 6. The Hall–Kier alpha value is -3.34. The van der Waals surface area contributed by atoms with E-state index < -0.39 is 47.9 Å². The third kappa shape index (κ3) is 7.65. The van der Waals surface area contributed by atoms with Gasteiger partial charge in [-0.2, -0.15) is 0 Å². The van der Waals surface area contributed by atoms with Crippen molar-refractivity contribution in [3.63, 3.8) is 0 Å². The molecular weight excluding hydrogens is 821 g/mol. The van der Waals surface area contributed by atoms with Crippen molar-refractivity contribution in [2.75, 3.05) is 13.1 Å². The van der Waals surface area contributed by atoms with Crippen LogP contribution in [0, 0.1) is 47.3 Å². The lowest BCUT2D eigenvalue weighted by Crippen LogP contribution is -2.71. The lowest BCUT2D eigenvalue weighted by Gasteiger charge is -2.60. The molecule has 0 radical (unpaired) electrons. The summed E-state index contributed by atoms with van der Waals surface area (Å²) in [5, 5.41) is 6.04. The smallest absolute Gasteiger partial charge is 0.251 e. The maximum Gasteiger partial charge on any atom is 0.251 e. The highest BCUT2D eigenvalue weighted by Gasteiger charge is 2.71. The molecule has 14 nitrogen and oxygen atoms in total. The number of rotatable bonds is 13. The Morgan fingerprint density at radius 2 is 1.08 bits per heavy atom. The first kappa shape index (κ1) is 44.5. The molecule has 0 aromatic heterocycles. The van der Waals surface area contributed by atoms with Gasteiger partial charge < -0.3 is 39.1 Å². The van der Waals surface area contributed by atoms with Gasteiger partial charge in [0.25, 0.3) is 11.8 Å². The van der Waals surface area contributed by atoms with E-state index in [9.17, 15) is 9.59 Å². The van der Waals surface area contributed by atoms with Crippen LogP contribution in [-0.2, 0) is 38.5 Å². The molecule has 10 aliphatic rings. The van der Waals surface area contributed by atoms with Crippen molar-refractivity contribution in [3.05, 3.63) is 59.7 Å². The van der Waals surface area contributed by atoms with Gasteiger partial charge in [-0.3, -0.25) is 9.59 Å². The number of amides is 2. The van der Waals surface area contributed by atoms with Crippen molar-refractivity contribution in [2.45, 2.75) is 167 Å². The van der Waals surface area contributed by atoms with Gasteiger partial charge in [0.2, 0.25) is 24.2 Å². The number of hydrogen-bond acceptors (Lipinski definition) is 12. The fourth-order valence-corrected chi connectivity index (χ4v) is 12.9. The number of nitrogens with one attached hydrogen (secondary N) is 2. The first-order valence-corrected chi connectivity index (χ1v) is 24.4. The summed E-state index contributed by atoms with van der Waals surface area (Å²) in [5.41, 5.74) is -0.168. The van der Waals surface area contributed by atoms with Crippen molar-refractivity contribution in [1.82, 2.24) is 10.6 Å². The fourth-order valence-electron chi connectivity index (χ4n) is 12.9. The number of carbonyl (C=O) groups is 2. The minimum Gasteiger partial charge on any atom is -0.465 e. The highest BCUT2D eigenvalue weighted by atomic mass is 17.3. The Balaban J connectivity index is 0.646. The largest absolute Gasteiger partial charge is 0.465 e. The molecule has 8 saturated heterocycles. The van der Waals surface area contributed by atoms with Crippen LogP contribution >= 0.6 is 0 Å². The number of carbonyl (C=O) groups excluding carboxylic acids is 2. The molecule has 2 saturated carbocycles. The Morgan fingerprint density at radius 1 is 0.594 bits per heavy atom. The standard InChI is InChI=1S/C50H68N2O12/c1-7-48-26-24-38-30(3)12-22-40-32(5)44(58-46(60-48)50(38,40)64-62-48)56-36-19-15-34(16-20-36)42(54)52-28-10-8-9-27-51-41(53)33-13-17-35(18-14-33)55-43-31(4)39-21-11-29(2)37-23-25-47(6)59-45(57-43)49(37,39)63-61-47/h13-20,29-32,37-40,43-46H,7-12,21-28H2,1-6H3,(H,51,53)(H,52,54)/t29-,30-,31-,32-,37?,38?,39?,40?,43+,44+,45?,46?,47-,48-,49-,50-/m1/s1. The summed E-state index contributed by atoms with van der Waals surface area (Å²) in [6, 6.07) is 14.4. The van der Waals surface area contributed by atoms with E-state index in [2.05, 4.69) is 45.3 Å². The molecule has 2 amide bonds. The third-order valence-corrected chi connectivity index (χ3v) is 16.8. The van der Waals surface area contributed by atoms with E-state index in [1.807, 2.05) is 31.2 Å². The lowest BCUT2D eigenvalue weighted by atomic mass is 9.58. The van der Waals surface area contributed by atoms with Gasteiger partial charge in [0, 0.05) is 67.2 Å². The first-order chi connectivity index (χ1) is 30.9. The number of unbranched alkanes of at least 4 members (excludes halogenated alkanes) is 2. The topological polar surface area (TPSA) is 150 Å². The molecule has 2 N–H and O–H groups in total. The summed E-state index contributed by atoms with van der Waals surface area (Å²) in [4.78, 5) is 50.6. The molecule has 12 rings (SSSR count). The van der Waals surface area contributed by atoms with Crippen LogP contribution in [0.15, 0.2) is 48.5 Å². The van der Waals surface area contributed by atoms with E-state index in [1.54, 1.807) is 24.3 Å². The van der Waals surface area contributed by atoms with Gasteiger partial charge in [0.15, 0.2) is 23.8 Å². The summed E-state index contributed by atoms with van der Waals surface area (Å²) in [6.45, 7) is 14.0. The van der Waals surface area contributed by atoms with Crippen molar-refractivity contribution in [3.8, 4) is 11.5 Å². The van der Waals surface area contributed by atoms with Crippen LogP contribution in [0.4, 0.5) is 0 Å². The minimum atomic E-state index is -0.843. The van der Waals surface area contributed by atoms with Gasteiger partial charge in [-0.15, -0.1) is 0 Å². The van der Waals surface area contributed by atoms with Crippen LogP contribution in [-0.4, -0.2) is 72.8 Å². The van der Waals surface area contributed by atoms with E-state index in [4.69, 9.17) is 48.0 Å². The van der Waals surface area contributed by atoms with Crippen molar-refractivity contribution < 1.29 is 57.6 Å². The summed E-state index contributed by atoms with van der Waals surface area (Å²) in [5.74, 6) is 1.32. The highest BCUT2D eigenvalue weighted by molar-refractivity contribution is 5.94. The Morgan fingerprint density at radius 3 is 1.59 bits per heavy atom. The monoisotopic (exact) mass is 888 g/mol. The number of hydrogen-bond donors (Lipinski definition) is 2. The molecule has 8 heterocycles. The third-order valence-electron chi connectivity index (χ3n) is 16.8. The number of benzene rings is 2. The molecule has 4 bridgehead atoms. The van der Waals surface area contributed by atoms with Gasteiger partial charge in [0.1, 0.15) is 11.5 Å². The zero-order valence-corrected chi connectivity index (χ0v) is 38.3. The summed E-state index contributed by atoms with van der Waals surface area (Å²) in [7, 11) is 0. The van der Waals surface area contributed by atoms with E-state index in [-0.39, 0.29) is 35.5 Å². The van der Waals surface area contributed by atoms with Gasteiger partial charge >= 0.3 is 0 Å². The Kier molecular flexibility index (Phi) is 12.1. The normalized spacial score (nSPS) is 42.9. The molecule has 6 unspecified atom stereocenters. The SMILES string of the molecule is CC[C@@]12CCC3[C@H](C)CCC4[C@@H](C)[C@@H](Oc5ccc(C(=O)NCCCCCNC(=O)c6ccc(O[C@H]7OC8O[C@@]9(C)CCC%10[C@H](C)CCC([C@H]7C)[C@@]8%10OO9)cc6)cc5)OC(O1)[C@@]34OO2. The van der Waals surface area contributed by atoms with E-state index >= 15 is 0 Å².